The van der Waals surface area contributed by atoms with Crippen LogP contribution in [0.25, 0.3) is 5.65 Å². The predicted molar refractivity (Wildman–Crippen MR) is 160 cm³/mol. The summed E-state index contributed by atoms with van der Waals surface area (Å²) in [5.74, 6) is 0.601. The molecule has 3 heterocycles. The smallest absolute Gasteiger partial charge is 0.246 e. The van der Waals surface area contributed by atoms with Crippen molar-refractivity contribution in [2.75, 3.05) is 25.0 Å². The number of benzene rings is 1. The highest BCUT2D eigenvalue weighted by atomic mass is 79.9. The lowest BCUT2D eigenvalue weighted by Crippen LogP contribution is -2.41. The van der Waals surface area contributed by atoms with Crippen LogP contribution in [0.15, 0.2) is 57.9 Å². The van der Waals surface area contributed by atoms with Crippen LogP contribution >= 0.6 is 63.9 Å². The van der Waals surface area contributed by atoms with E-state index >= 15 is 0 Å². The zero-order valence-electron chi connectivity index (χ0n) is 20.9. The van der Waals surface area contributed by atoms with E-state index in [1.807, 2.05) is 29.7 Å². The molecule has 0 saturated heterocycles. The van der Waals surface area contributed by atoms with Crippen LogP contribution < -0.4 is 20.3 Å². The minimum absolute atomic E-state index is 0. The molecule has 0 aliphatic rings. The van der Waals surface area contributed by atoms with Crippen LogP contribution in [0.2, 0.25) is 10.0 Å². The van der Waals surface area contributed by atoms with Crippen molar-refractivity contribution in [3.63, 3.8) is 0 Å². The number of carbonyl (C=O) groups excluding carboxylic acids is 2. The van der Waals surface area contributed by atoms with Gasteiger partial charge in [0, 0.05) is 23.8 Å². The van der Waals surface area contributed by atoms with Crippen LogP contribution in [0.4, 0.5) is 5.69 Å². The lowest BCUT2D eigenvalue weighted by Gasteiger charge is -2.21. The van der Waals surface area contributed by atoms with E-state index in [9.17, 15) is 9.59 Å². The van der Waals surface area contributed by atoms with Crippen molar-refractivity contribution in [3.05, 3.63) is 80.5 Å². The number of hydrogen-bond acceptors (Lipinski definition) is 6. The number of halogens is 5. The third-order valence-corrected chi connectivity index (χ3v) is 7.32. The first-order chi connectivity index (χ1) is 17.8. The molecule has 0 unspecified atom stereocenters. The molecular weight excluding hydrogens is 656 g/mol. The Labute approximate surface area is 256 Å². The van der Waals surface area contributed by atoms with Crippen LogP contribution in [0.3, 0.4) is 0 Å². The molecule has 0 aliphatic heterocycles. The van der Waals surface area contributed by atoms with Gasteiger partial charge in [-0.1, -0.05) is 23.2 Å². The molecule has 4 aromatic rings. The fraction of sp³-hybridized carbons (Fsp3) is 0.240. The van der Waals surface area contributed by atoms with Gasteiger partial charge in [-0.3, -0.25) is 14.0 Å². The second-order valence-electron chi connectivity index (χ2n) is 8.11. The second-order valence-corrected chi connectivity index (χ2v) is 9.65. The monoisotopic (exact) mass is 679 g/mol. The van der Waals surface area contributed by atoms with E-state index in [1.54, 1.807) is 37.6 Å². The summed E-state index contributed by atoms with van der Waals surface area (Å²) in [6.07, 6.45) is 3.44. The zero-order chi connectivity index (χ0) is 26.5. The molecule has 0 bridgehead atoms. The molecule has 2 N–H and O–H groups in total. The van der Waals surface area contributed by atoms with Gasteiger partial charge in [-0.2, -0.15) is 0 Å². The van der Waals surface area contributed by atoms with Crippen LogP contribution in [-0.4, -0.2) is 41.3 Å². The summed E-state index contributed by atoms with van der Waals surface area (Å²) >= 11 is 16.6. The van der Waals surface area contributed by atoms with Crippen molar-refractivity contribution in [1.82, 2.24) is 20.0 Å². The third kappa shape index (κ3) is 7.81. The zero-order valence-corrected chi connectivity index (χ0v) is 25.6. The number of furan rings is 1. The summed E-state index contributed by atoms with van der Waals surface area (Å²) in [6.45, 7) is 2.21. The number of nitrogens with zero attached hydrogens (tertiary/aromatic N) is 3. The Morgan fingerprint density at radius 1 is 1.15 bits per heavy atom. The number of aromatic nitrogens is 2. The van der Waals surface area contributed by atoms with E-state index in [0.29, 0.717) is 40.0 Å². The van der Waals surface area contributed by atoms with E-state index in [2.05, 4.69) is 31.5 Å². The average Bonchev–Trinajstić information content (AvgIpc) is 3.50. The van der Waals surface area contributed by atoms with E-state index in [4.69, 9.17) is 32.4 Å². The predicted octanol–water partition coefficient (Wildman–Crippen LogP) is 5.60. The van der Waals surface area contributed by atoms with E-state index in [-0.39, 0.29) is 61.3 Å². The topological polar surface area (TPSA) is 101 Å². The van der Waals surface area contributed by atoms with Gasteiger partial charge in [-0.15, -0.1) is 24.8 Å². The number of hydrogen-bond donors (Lipinski definition) is 2. The molecule has 14 heteroatoms. The highest BCUT2D eigenvalue weighted by Gasteiger charge is 2.20. The van der Waals surface area contributed by atoms with Gasteiger partial charge >= 0.3 is 0 Å². The fourth-order valence-electron chi connectivity index (χ4n) is 3.57. The Hall–Kier alpha value is -2.47. The summed E-state index contributed by atoms with van der Waals surface area (Å²) in [5, 5.41) is 6.23. The van der Waals surface area contributed by atoms with E-state index in [1.165, 1.54) is 4.90 Å². The van der Waals surface area contributed by atoms with Crippen molar-refractivity contribution in [2.45, 2.75) is 20.1 Å². The molecule has 0 aliphatic carbocycles. The number of aryl methyl sites for hydroxylation is 1. The van der Waals surface area contributed by atoms with Crippen molar-refractivity contribution in [1.29, 1.82) is 0 Å². The number of amides is 2. The van der Waals surface area contributed by atoms with Crippen molar-refractivity contribution >= 4 is 87.1 Å². The molecule has 39 heavy (non-hydrogen) atoms. The molecular formula is C25H26BrCl4N5O4. The summed E-state index contributed by atoms with van der Waals surface area (Å²) < 4.78 is 13.9. The number of ether oxygens (including phenoxy) is 1. The number of rotatable bonds is 10. The minimum Gasteiger partial charge on any atom is -0.485 e. The van der Waals surface area contributed by atoms with E-state index in [0.717, 1.165) is 10.3 Å². The van der Waals surface area contributed by atoms with Gasteiger partial charge in [0.1, 0.15) is 17.0 Å². The van der Waals surface area contributed by atoms with Gasteiger partial charge in [0.15, 0.2) is 11.4 Å². The second kappa shape index (κ2) is 14.8. The Bertz CT molecular complexity index is 1430. The van der Waals surface area contributed by atoms with Crippen LogP contribution in [-0.2, 0) is 22.7 Å². The molecule has 210 valence electrons. The molecule has 2 amide bonds. The molecule has 0 spiro atoms. The number of pyridine rings is 1. The van der Waals surface area contributed by atoms with Crippen LogP contribution in [0, 0.1) is 6.92 Å². The standard InChI is InChI=1S/C25H24BrCl2N5O4.2ClH/c1-15-24(26)33-9-3-6-20(25(33)31-15)37-14-17-18(27)7-8-19(23(17)28)32(2)22(35)13-30-21(34)12-29-11-16-5-4-10-36-16;;/h3-10,29H,11-14H2,1-2H3,(H,30,34);2*1H. The number of fused-ring (bicyclic) bond motifs is 1. The molecule has 1 aromatic carbocycles. The van der Waals surface area contributed by atoms with Gasteiger partial charge in [0.25, 0.3) is 0 Å². The molecule has 0 fully saturated rings. The SMILES string of the molecule is Cc1nc2c(OCc3c(Cl)ccc(N(C)C(=O)CNC(=O)CNCc4ccco4)c3Cl)cccn2c1Br.Cl.Cl. The number of carbonyl (C=O) groups is 2. The lowest BCUT2D eigenvalue weighted by molar-refractivity contribution is -0.124. The number of nitrogens with one attached hydrogen (secondary N) is 2. The molecule has 3 aromatic heterocycles. The average molecular weight is 682 g/mol. The third-order valence-electron chi connectivity index (χ3n) is 5.59. The first kappa shape index (κ1) is 32.7. The van der Waals surface area contributed by atoms with Gasteiger partial charge in [-0.25, -0.2) is 4.98 Å². The Balaban J connectivity index is 0.00000267. The van der Waals surface area contributed by atoms with E-state index < -0.39 is 0 Å². The lowest BCUT2D eigenvalue weighted by atomic mass is 10.2. The highest BCUT2D eigenvalue weighted by Crippen LogP contribution is 2.35. The maximum atomic E-state index is 12.8. The van der Waals surface area contributed by atoms with Crippen molar-refractivity contribution in [2.24, 2.45) is 0 Å². The maximum Gasteiger partial charge on any atom is 0.246 e. The Kier molecular flexibility index (Phi) is 12.4. The molecule has 0 atom stereocenters. The molecule has 0 radical (unpaired) electrons. The summed E-state index contributed by atoms with van der Waals surface area (Å²) in [5.41, 5.74) is 2.44. The van der Waals surface area contributed by atoms with Crippen molar-refractivity contribution in [3.8, 4) is 5.75 Å². The highest BCUT2D eigenvalue weighted by molar-refractivity contribution is 9.10. The molecule has 0 saturated carbocycles. The summed E-state index contributed by atoms with van der Waals surface area (Å²) in [4.78, 5) is 30.7. The summed E-state index contributed by atoms with van der Waals surface area (Å²) in [7, 11) is 1.58. The largest absolute Gasteiger partial charge is 0.485 e. The summed E-state index contributed by atoms with van der Waals surface area (Å²) in [6, 6.07) is 10.5. The maximum absolute atomic E-state index is 12.8. The number of anilines is 1. The number of imidazole rings is 1. The Morgan fingerprint density at radius 2 is 1.92 bits per heavy atom. The normalized spacial score (nSPS) is 10.5. The number of likely N-dealkylation sites (N-methyl/N-ethyl adjacent to an activating group) is 1. The van der Waals surface area contributed by atoms with Gasteiger partial charge in [-0.05, 0) is 59.3 Å². The van der Waals surface area contributed by atoms with Gasteiger partial charge in [0.05, 0.1) is 42.3 Å². The van der Waals surface area contributed by atoms with Gasteiger partial charge < -0.3 is 24.7 Å². The fourth-order valence-corrected chi connectivity index (χ4v) is 4.55. The minimum atomic E-state index is -0.349. The Morgan fingerprint density at radius 3 is 2.64 bits per heavy atom. The first-order valence-electron chi connectivity index (χ1n) is 11.3. The molecule has 4 rings (SSSR count). The first-order valence-corrected chi connectivity index (χ1v) is 12.8. The van der Waals surface area contributed by atoms with Crippen LogP contribution in [0.1, 0.15) is 17.0 Å². The van der Waals surface area contributed by atoms with Crippen molar-refractivity contribution < 1.29 is 18.7 Å². The quantitative estimate of drug-likeness (QED) is 0.226. The molecule has 9 nitrogen and oxygen atoms in total. The van der Waals surface area contributed by atoms with Gasteiger partial charge in [0.2, 0.25) is 11.8 Å². The van der Waals surface area contributed by atoms with Crippen LogP contribution in [0.5, 0.6) is 5.75 Å².